The number of nitrogens with zero attached hydrogens (tertiary/aromatic N) is 1. The zero-order chi connectivity index (χ0) is 19.3. The Morgan fingerprint density at radius 3 is 2.56 bits per heavy atom. The fourth-order valence-corrected chi connectivity index (χ4v) is 4.23. The Morgan fingerprint density at radius 2 is 1.89 bits per heavy atom. The molecule has 2 amide bonds. The van der Waals surface area contributed by atoms with Gasteiger partial charge in [0.05, 0.1) is 11.6 Å². The smallest absolute Gasteiger partial charge is 0.318 e. The van der Waals surface area contributed by atoms with Crippen molar-refractivity contribution in [2.24, 2.45) is 0 Å². The molecule has 2 atom stereocenters. The maximum Gasteiger partial charge on any atom is 0.318 e. The molecule has 1 aliphatic heterocycles. The highest BCUT2D eigenvalue weighted by Gasteiger charge is 2.38. The van der Waals surface area contributed by atoms with Gasteiger partial charge in [-0.2, -0.15) is 0 Å². The minimum Gasteiger partial charge on any atom is -0.396 e. The summed E-state index contributed by atoms with van der Waals surface area (Å²) in [5, 5.41) is 12.7. The molecule has 5 heteroatoms. The summed E-state index contributed by atoms with van der Waals surface area (Å²) in [6, 6.07) is 18.3. The number of halogens is 1. The Hall–Kier alpha value is -1.85. The van der Waals surface area contributed by atoms with E-state index in [0.717, 1.165) is 41.4 Å². The van der Waals surface area contributed by atoms with Crippen LogP contribution in [0.2, 0.25) is 0 Å². The normalized spacial score (nSPS) is 21.4. The quantitative estimate of drug-likeness (QED) is 0.678. The van der Waals surface area contributed by atoms with Crippen molar-refractivity contribution in [2.45, 2.75) is 44.2 Å². The van der Waals surface area contributed by atoms with Crippen LogP contribution in [0.15, 0.2) is 59.1 Å². The summed E-state index contributed by atoms with van der Waals surface area (Å²) in [5.74, 6) is 0. The van der Waals surface area contributed by atoms with Crippen LogP contribution in [0, 0.1) is 0 Å². The van der Waals surface area contributed by atoms with Crippen molar-refractivity contribution >= 4 is 22.0 Å². The van der Waals surface area contributed by atoms with E-state index in [1.165, 1.54) is 0 Å². The third-order valence-electron chi connectivity index (χ3n) is 5.52. The molecule has 2 aromatic carbocycles. The maximum atomic E-state index is 13.2. The third kappa shape index (κ3) is 4.53. The highest BCUT2D eigenvalue weighted by Crippen LogP contribution is 2.35. The Kier molecular flexibility index (Phi) is 6.55. The molecule has 1 heterocycles. The summed E-state index contributed by atoms with van der Waals surface area (Å²) in [6.07, 6.45) is 3.18. The molecule has 1 aliphatic rings. The van der Waals surface area contributed by atoms with Crippen molar-refractivity contribution in [1.29, 1.82) is 0 Å². The number of aliphatic hydroxyl groups is 1. The number of nitrogens with one attached hydrogen (secondary N) is 1. The molecule has 144 valence electrons. The third-order valence-corrected chi connectivity index (χ3v) is 6.05. The molecule has 1 unspecified atom stereocenters. The fourth-order valence-electron chi connectivity index (χ4n) is 3.97. The lowest BCUT2D eigenvalue weighted by molar-refractivity contribution is 0.174. The second-order valence-electron chi connectivity index (χ2n) is 7.23. The van der Waals surface area contributed by atoms with Gasteiger partial charge in [-0.05, 0) is 55.9 Å². The molecule has 0 bridgehead atoms. The average molecular weight is 431 g/mol. The highest BCUT2D eigenvalue weighted by molar-refractivity contribution is 9.10. The van der Waals surface area contributed by atoms with Crippen LogP contribution in [0.5, 0.6) is 0 Å². The van der Waals surface area contributed by atoms with Gasteiger partial charge in [0.15, 0.2) is 0 Å². The Balaban J connectivity index is 1.85. The van der Waals surface area contributed by atoms with Crippen LogP contribution in [-0.2, 0) is 5.54 Å². The van der Waals surface area contributed by atoms with E-state index < -0.39 is 5.54 Å². The lowest BCUT2D eigenvalue weighted by Crippen LogP contribution is -2.49. The molecule has 27 heavy (non-hydrogen) atoms. The Bertz CT molecular complexity index is 751. The number of urea groups is 1. The van der Waals surface area contributed by atoms with E-state index in [1.54, 1.807) is 0 Å². The van der Waals surface area contributed by atoms with Crippen LogP contribution in [0.4, 0.5) is 4.79 Å². The van der Waals surface area contributed by atoms with Crippen LogP contribution in [0.25, 0.3) is 0 Å². The topological polar surface area (TPSA) is 52.6 Å². The molecule has 0 spiro atoms. The van der Waals surface area contributed by atoms with Gasteiger partial charge in [-0.25, -0.2) is 4.79 Å². The van der Waals surface area contributed by atoms with Gasteiger partial charge in [0.1, 0.15) is 0 Å². The SMILES string of the molecule is CC(c1ccc(Br)cc1)N1CCC[C@](CCCO)(c2ccccc2)NC1=O. The molecule has 2 aromatic rings. The Morgan fingerprint density at radius 1 is 1.19 bits per heavy atom. The minimum atomic E-state index is -0.421. The molecule has 0 aliphatic carbocycles. The maximum absolute atomic E-state index is 13.2. The number of benzene rings is 2. The number of carbonyl (C=O) groups excluding carboxylic acids is 1. The average Bonchev–Trinajstić information content (AvgIpc) is 2.86. The van der Waals surface area contributed by atoms with E-state index in [4.69, 9.17) is 0 Å². The first-order valence-corrected chi connectivity index (χ1v) is 10.4. The van der Waals surface area contributed by atoms with E-state index in [2.05, 4.69) is 52.4 Å². The first kappa shape index (κ1) is 19.9. The first-order valence-electron chi connectivity index (χ1n) is 9.56. The number of hydrogen-bond donors (Lipinski definition) is 2. The van der Waals surface area contributed by atoms with Crippen molar-refractivity contribution in [3.05, 3.63) is 70.2 Å². The van der Waals surface area contributed by atoms with Crippen LogP contribution in [0.3, 0.4) is 0 Å². The predicted molar refractivity (Wildman–Crippen MR) is 111 cm³/mol. The lowest BCUT2D eigenvalue weighted by atomic mass is 9.82. The summed E-state index contributed by atoms with van der Waals surface area (Å²) in [5.41, 5.74) is 1.82. The van der Waals surface area contributed by atoms with Gasteiger partial charge >= 0.3 is 6.03 Å². The van der Waals surface area contributed by atoms with Gasteiger partial charge in [0.2, 0.25) is 0 Å². The van der Waals surface area contributed by atoms with E-state index in [-0.39, 0.29) is 18.7 Å². The number of amides is 2. The fraction of sp³-hybridized carbons (Fsp3) is 0.409. The van der Waals surface area contributed by atoms with E-state index in [1.807, 2.05) is 35.2 Å². The molecule has 0 aromatic heterocycles. The molecular weight excluding hydrogens is 404 g/mol. The molecule has 1 saturated heterocycles. The molecule has 2 N–H and O–H groups in total. The van der Waals surface area contributed by atoms with Gasteiger partial charge in [0, 0.05) is 17.6 Å². The minimum absolute atomic E-state index is 0.00233. The van der Waals surface area contributed by atoms with Crippen molar-refractivity contribution in [3.8, 4) is 0 Å². The van der Waals surface area contributed by atoms with Crippen LogP contribution >= 0.6 is 15.9 Å². The predicted octanol–water partition coefficient (Wildman–Crippen LogP) is 4.98. The number of hydrogen-bond acceptors (Lipinski definition) is 2. The standard InChI is InChI=1S/C22H27BrN2O2/c1-17(18-9-11-20(23)12-10-18)25-15-5-13-22(14-6-16-26,24-21(25)27)19-7-3-2-4-8-19/h2-4,7-12,17,26H,5-6,13-16H2,1H3,(H,24,27)/t17?,22-/m0/s1. The van der Waals surface area contributed by atoms with Crippen LogP contribution in [0.1, 0.15) is 49.8 Å². The zero-order valence-corrected chi connectivity index (χ0v) is 17.3. The summed E-state index contributed by atoms with van der Waals surface area (Å²) in [6.45, 7) is 2.92. The molecular formula is C22H27BrN2O2. The molecule has 1 fully saturated rings. The van der Waals surface area contributed by atoms with Gasteiger partial charge in [-0.3, -0.25) is 0 Å². The van der Waals surface area contributed by atoms with Crippen molar-refractivity contribution in [2.75, 3.05) is 13.2 Å². The molecule has 3 rings (SSSR count). The van der Waals surface area contributed by atoms with Crippen molar-refractivity contribution in [1.82, 2.24) is 10.2 Å². The summed E-state index contributed by atoms with van der Waals surface area (Å²) < 4.78 is 1.03. The number of aliphatic hydroxyl groups excluding tert-OH is 1. The van der Waals surface area contributed by atoms with Crippen molar-refractivity contribution in [3.63, 3.8) is 0 Å². The van der Waals surface area contributed by atoms with Gasteiger partial charge in [-0.1, -0.05) is 58.4 Å². The monoisotopic (exact) mass is 430 g/mol. The second kappa shape index (κ2) is 8.89. The largest absolute Gasteiger partial charge is 0.396 e. The van der Waals surface area contributed by atoms with E-state index >= 15 is 0 Å². The molecule has 4 nitrogen and oxygen atoms in total. The van der Waals surface area contributed by atoms with Gasteiger partial charge < -0.3 is 15.3 Å². The van der Waals surface area contributed by atoms with Crippen LogP contribution in [-0.4, -0.2) is 29.2 Å². The zero-order valence-electron chi connectivity index (χ0n) is 15.7. The first-order chi connectivity index (χ1) is 13.1. The van der Waals surface area contributed by atoms with Crippen LogP contribution < -0.4 is 5.32 Å². The van der Waals surface area contributed by atoms with E-state index in [0.29, 0.717) is 6.42 Å². The highest BCUT2D eigenvalue weighted by atomic mass is 79.9. The summed E-state index contributed by atoms with van der Waals surface area (Å²) >= 11 is 3.47. The van der Waals surface area contributed by atoms with E-state index in [9.17, 15) is 9.90 Å². The lowest BCUT2D eigenvalue weighted by Gasteiger charge is -2.35. The Labute approximate surface area is 169 Å². The van der Waals surface area contributed by atoms with Gasteiger partial charge in [0.25, 0.3) is 0 Å². The molecule has 0 radical (unpaired) electrons. The number of carbonyl (C=O) groups is 1. The summed E-state index contributed by atoms with van der Waals surface area (Å²) in [4.78, 5) is 15.1. The number of rotatable bonds is 6. The molecule has 0 saturated carbocycles. The van der Waals surface area contributed by atoms with Crippen molar-refractivity contribution < 1.29 is 9.90 Å². The second-order valence-corrected chi connectivity index (χ2v) is 8.15. The summed E-state index contributed by atoms with van der Waals surface area (Å²) in [7, 11) is 0. The van der Waals surface area contributed by atoms with Gasteiger partial charge in [-0.15, -0.1) is 0 Å².